The smallest absolute Gasteiger partial charge is 0.243 e. The van der Waals surface area contributed by atoms with Gasteiger partial charge < -0.3 is 16.4 Å². The van der Waals surface area contributed by atoms with Gasteiger partial charge in [-0.25, -0.2) is 4.39 Å². The fourth-order valence-corrected chi connectivity index (χ4v) is 1.19. The van der Waals surface area contributed by atoms with Gasteiger partial charge in [-0.3, -0.25) is 9.59 Å². The first-order valence-corrected chi connectivity index (χ1v) is 5.06. The second-order valence-electron chi connectivity index (χ2n) is 3.44. The Bertz CT molecular complexity index is 440. The number of nitrogens with two attached hydrogens (primary N) is 1. The van der Waals surface area contributed by atoms with E-state index in [9.17, 15) is 14.0 Å². The molecule has 0 aliphatic rings. The van der Waals surface area contributed by atoms with E-state index in [1.807, 2.05) is 0 Å². The van der Waals surface area contributed by atoms with E-state index in [2.05, 4.69) is 10.6 Å². The van der Waals surface area contributed by atoms with Crippen LogP contribution in [0.5, 0.6) is 0 Å². The number of hydrogen-bond acceptors (Lipinski definition) is 3. The van der Waals surface area contributed by atoms with Gasteiger partial charge in [0, 0.05) is 11.3 Å². The van der Waals surface area contributed by atoms with Crippen LogP contribution in [0.25, 0.3) is 0 Å². The molecule has 0 fully saturated rings. The summed E-state index contributed by atoms with van der Waals surface area (Å²) in [5.74, 6) is -1.24. The van der Waals surface area contributed by atoms with Crippen molar-refractivity contribution in [3.05, 3.63) is 29.6 Å². The largest absolute Gasteiger partial charge is 0.346 e. The summed E-state index contributed by atoms with van der Waals surface area (Å²) in [6.45, 7) is 1.20. The summed E-state index contributed by atoms with van der Waals surface area (Å²) >= 11 is 0. The maximum atomic E-state index is 13.2. The zero-order valence-corrected chi connectivity index (χ0v) is 10.6. The number of carbonyl (C=O) groups excluding carboxylic acids is 2. The number of anilines is 1. The molecular weight excluding hydrogens is 261 g/mol. The number of halogens is 2. The molecule has 0 bridgehead atoms. The van der Waals surface area contributed by atoms with Crippen LogP contribution in [0.1, 0.15) is 5.56 Å². The van der Waals surface area contributed by atoms with Gasteiger partial charge in [-0.15, -0.1) is 12.4 Å². The average Bonchev–Trinajstić information content (AvgIpc) is 2.32. The van der Waals surface area contributed by atoms with Crippen LogP contribution in [0.4, 0.5) is 10.1 Å². The van der Waals surface area contributed by atoms with Crippen molar-refractivity contribution in [1.29, 1.82) is 0 Å². The van der Waals surface area contributed by atoms with Gasteiger partial charge in [-0.05, 0) is 19.1 Å². The summed E-state index contributed by atoms with van der Waals surface area (Å²) in [6.07, 6.45) is 0. The molecule has 0 aliphatic heterocycles. The van der Waals surface area contributed by atoms with Crippen molar-refractivity contribution < 1.29 is 14.0 Å². The summed E-state index contributed by atoms with van der Waals surface area (Å²) < 4.78 is 13.2. The maximum absolute atomic E-state index is 13.2. The Hall–Kier alpha value is -1.66. The zero-order valence-electron chi connectivity index (χ0n) is 9.83. The van der Waals surface area contributed by atoms with Crippen LogP contribution >= 0.6 is 12.4 Å². The molecule has 4 N–H and O–H groups in total. The third-order valence-corrected chi connectivity index (χ3v) is 2.17. The van der Waals surface area contributed by atoms with Gasteiger partial charge in [0.05, 0.1) is 13.1 Å². The van der Waals surface area contributed by atoms with E-state index in [-0.39, 0.29) is 25.5 Å². The molecule has 0 saturated carbocycles. The molecule has 100 valence electrons. The molecule has 0 atom stereocenters. The number of benzene rings is 1. The Labute approximate surface area is 110 Å². The highest BCUT2D eigenvalue weighted by Crippen LogP contribution is 2.16. The van der Waals surface area contributed by atoms with Crippen molar-refractivity contribution in [2.45, 2.75) is 6.92 Å². The van der Waals surface area contributed by atoms with Crippen LogP contribution in [0.3, 0.4) is 0 Å². The van der Waals surface area contributed by atoms with Gasteiger partial charge in [0.15, 0.2) is 0 Å². The summed E-state index contributed by atoms with van der Waals surface area (Å²) in [5, 5.41) is 4.81. The minimum atomic E-state index is -0.430. The molecule has 0 spiro atoms. The Balaban J connectivity index is 0.00000289. The Morgan fingerprint density at radius 1 is 1.33 bits per heavy atom. The molecular formula is C11H15ClFN3O2. The number of rotatable bonds is 4. The Morgan fingerprint density at radius 2 is 2.00 bits per heavy atom. The first-order chi connectivity index (χ1) is 8.04. The van der Waals surface area contributed by atoms with Crippen LogP contribution in [-0.4, -0.2) is 24.9 Å². The number of carbonyl (C=O) groups is 2. The first kappa shape index (κ1) is 16.3. The van der Waals surface area contributed by atoms with Gasteiger partial charge in [-0.2, -0.15) is 0 Å². The lowest BCUT2D eigenvalue weighted by Gasteiger charge is -2.09. The molecule has 0 heterocycles. The topological polar surface area (TPSA) is 84.2 Å². The van der Waals surface area contributed by atoms with Crippen LogP contribution in [0.2, 0.25) is 0 Å². The van der Waals surface area contributed by atoms with Crippen molar-refractivity contribution in [2.24, 2.45) is 5.73 Å². The van der Waals surface area contributed by atoms with Gasteiger partial charge in [-0.1, -0.05) is 6.07 Å². The standard InChI is InChI=1S/C11H14FN3O2.ClH/c1-7-8(12)3-2-4-9(7)15-11(17)6-14-10(16)5-13;/h2-4H,5-6,13H2,1H3,(H,14,16)(H,15,17);1H. The molecule has 0 aromatic heterocycles. The van der Waals surface area contributed by atoms with E-state index in [4.69, 9.17) is 5.73 Å². The molecule has 7 heteroatoms. The lowest BCUT2D eigenvalue weighted by molar-refractivity contribution is -0.123. The van der Waals surface area contributed by atoms with Crippen molar-refractivity contribution in [3.63, 3.8) is 0 Å². The third kappa shape index (κ3) is 4.68. The minimum absolute atomic E-state index is 0. The molecule has 5 nitrogen and oxygen atoms in total. The molecule has 0 aliphatic carbocycles. The van der Waals surface area contributed by atoms with E-state index >= 15 is 0 Å². The maximum Gasteiger partial charge on any atom is 0.243 e. The highest BCUT2D eigenvalue weighted by atomic mass is 35.5. The summed E-state index contributed by atoms with van der Waals surface area (Å²) in [4.78, 5) is 22.2. The van der Waals surface area contributed by atoms with Crippen molar-refractivity contribution in [3.8, 4) is 0 Å². The van der Waals surface area contributed by atoms with Crippen molar-refractivity contribution in [2.75, 3.05) is 18.4 Å². The predicted molar refractivity (Wildman–Crippen MR) is 69.1 cm³/mol. The number of amides is 2. The van der Waals surface area contributed by atoms with E-state index in [0.717, 1.165) is 0 Å². The fourth-order valence-electron chi connectivity index (χ4n) is 1.19. The average molecular weight is 276 g/mol. The van der Waals surface area contributed by atoms with E-state index < -0.39 is 17.6 Å². The van der Waals surface area contributed by atoms with E-state index in [0.29, 0.717) is 11.3 Å². The number of nitrogens with one attached hydrogen (secondary N) is 2. The monoisotopic (exact) mass is 275 g/mol. The Morgan fingerprint density at radius 3 is 2.61 bits per heavy atom. The van der Waals surface area contributed by atoms with Crippen LogP contribution in [0, 0.1) is 12.7 Å². The van der Waals surface area contributed by atoms with Crippen LogP contribution < -0.4 is 16.4 Å². The molecule has 18 heavy (non-hydrogen) atoms. The first-order valence-electron chi connectivity index (χ1n) is 5.06. The second-order valence-corrected chi connectivity index (χ2v) is 3.44. The fraction of sp³-hybridized carbons (Fsp3) is 0.273. The highest BCUT2D eigenvalue weighted by Gasteiger charge is 2.08. The quantitative estimate of drug-likeness (QED) is 0.751. The van der Waals surface area contributed by atoms with Gasteiger partial charge in [0.1, 0.15) is 5.82 Å². The normalized spacial score (nSPS) is 9.28. The summed E-state index contributed by atoms with van der Waals surface area (Å²) in [7, 11) is 0. The third-order valence-electron chi connectivity index (χ3n) is 2.17. The molecule has 2 amide bonds. The Kier molecular flexibility index (Phi) is 6.92. The van der Waals surface area contributed by atoms with Crippen molar-refractivity contribution >= 4 is 29.9 Å². The lowest BCUT2D eigenvalue weighted by atomic mass is 10.2. The zero-order chi connectivity index (χ0) is 12.8. The van der Waals surface area contributed by atoms with Crippen LogP contribution in [0.15, 0.2) is 18.2 Å². The predicted octanol–water partition coefficient (Wildman–Crippen LogP) is 0.569. The molecule has 1 rings (SSSR count). The molecule has 0 radical (unpaired) electrons. The van der Waals surface area contributed by atoms with E-state index in [1.54, 1.807) is 13.0 Å². The minimum Gasteiger partial charge on any atom is -0.346 e. The molecule has 1 aromatic rings. The second kappa shape index (κ2) is 7.62. The van der Waals surface area contributed by atoms with Crippen molar-refractivity contribution in [1.82, 2.24) is 5.32 Å². The lowest BCUT2D eigenvalue weighted by Crippen LogP contribution is -2.36. The van der Waals surface area contributed by atoms with Crippen LogP contribution in [-0.2, 0) is 9.59 Å². The van der Waals surface area contributed by atoms with Gasteiger partial charge >= 0.3 is 0 Å². The molecule has 1 aromatic carbocycles. The molecule has 0 unspecified atom stereocenters. The SMILES string of the molecule is Cc1c(F)cccc1NC(=O)CNC(=O)CN.Cl. The van der Waals surface area contributed by atoms with Gasteiger partial charge in [0.2, 0.25) is 11.8 Å². The summed E-state index contributed by atoms with van der Waals surface area (Å²) in [6, 6.07) is 4.39. The molecule has 0 saturated heterocycles. The van der Waals surface area contributed by atoms with E-state index in [1.165, 1.54) is 12.1 Å². The number of hydrogen-bond donors (Lipinski definition) is 3. The van der Waals surface area contributed by atoms with Gasteiger partial charge in [0.25, 0.3) is 0 Å². The highest BCUT2D eigenvalue weighted by molar-refractivity contribution is 5.95. The summed E-state index contributed by atoms with van der Waals surface area (Å²) in [5.41, 5.74) is 5.80.